The number of aromatic carboxylic acids is 1. The highest BCUT2D eigenvalue weighted by Crippen LogP contribution is 2.24. The highest BCUT2D eigenvalue weighted by atomic mass is 35.5. The first-order chi connectivity index (χ1) is 8.08. The van der Waals surface area contributed by atoms with Gasteiger partial charge in [-0.15, -0.1) is 0 Å². The van der Waals surface area contributed by atoms with E-state index in [9.17, 15) is 4.79 Å². The number of carboxylic acid groups (broad SMARTS) is 1. The van der Waals surface area contributed by atoms with Crippen LogP contribution in [0.5, 0.6) is 11.8 Å². The summed E-state index contributed by atoms with van der Waals surface area (Å²) in [5.74, 6) is -0.832. The van der Waals surface area contributed by atoms with Crippen LogP contribution in [-0.4, -0.2) is 31.3 Å². The highest BCUT2D eigenvalue weighted by molar-refractivity contribution is 6.33. The largest absolute Gasteiger partial charge is 0.478 e. The van der Waals surface area contributed by atoms with E-state index in [-0.39, 0.29) is 16.6 Å². The number of halogens is 1. The van der Waals surface area contributed by atoms with Crippen LogP contribution in [0.15, 0.2) is 18.2 Å². The van der Waals surface area contributed by atoms with Crippen molar-refractivity contribution >= 4 is 17.6 Å². The van der Waals surface area contributed by atoms with Gasteiger partial charge in [0, 0.05) is 7.05 Å². The van der Waals surface area contributed by atoms with Crippen molar-refractivity contribution in [2.75, 3.05) is 0 Å². The van der Waals surface area contributed by atoms with Gasteiger partial charge in [0.25, 0.3) is 0 Å². The van der Waals surface area contributed by atoms with Gasteiger partial charge >= 0.3 is 12.0 Å². The van der Waals surface area contributed by atoms with E-state index in [0.29, 0.717) is 5.75 Å². The van der Waals surface area contributed by atoms with Crippen LogP contribution in [0.25, 0.3) is 0 Å². The van der Waals surface area contributed by atoms with Crippen LogP contribution in [-0.2, 0) is 7.05 Å². The SMILES string of the molecule is Cn1nnnc1Oc1ccc(Cl)c(C(=O)O)c1. The number of aryl methyl sites for hydroxylation is 1. The van der Waals surface area contributed by atoms with Crippen molar-refractivity contribution in [3.63, 3.8) is 0 Å². The molecule has 0 bridgehead atoms. The van der Waals surface area contributed by atoms with Crippen LogP contribution < -0.4 is 4.74 Å². The fourth-order valence-corrected chi connectivity index (χ4v) is 1.34. The molecule has 0 unspecified atom stereocenters. The minimum atomic E-state index is -1.13. The van der Waals surface area contributed by atoms with E-state index in [2.05, 4.69) is 15.5 Å². The summed E-state index contributed by atoms with van der Waals surface area (Å²) in [5, 5.41) is 19.6. The quantitative estimate of drug-likeness (QED) is 0.889. The summed E-state index contributed by atoms with van der Waals surface area (Å²) >= 11 is 5.72. The lowest BCUT2D eigenvalue weighted by Crippen LogP contribution is -2.00. The average molecular weight is 255 g/mol. The molecule has 88 valence electrons. The fourth-order valence-electron chi connectivity index (χ4n) is 1.14. The smallest absolute Gasteiger partial charge is 0.340 e. The van der Waals surface area contributed by atoms with Gasteiger partial charge in [0.1, 0.15) is 5.75 Å². The lowest BCUT2D eigenvalue weighted by molar-refractivity contribution is 0.0696. The Balaban J connectivity index is 2.32. The molecule has 17 heavy (non-hydrogen) atoms. The second kappa shape index (κ2) is 4.38. The Bertz CT molecular complexity index is 569. The number of carbonyl (C=O) groups is 1. The van der Waals surface area contributed by atoms with Crippen molar-refractivity contribution in [3.05, 3.63) is 28.8 Å². The van der Waals surface area contributed by atoms with Gasteiger partial charge in [-0.3, -0.25) is 0 Å². The molecule has 0 aliphatic carbocycles. The van der Waals surface area contributed by atoms with Gasteiger partial charge in [0.2, 0.25) is 0 Å². The molecule has 1 aromatic heterocycles. The number of benzene rings is 1. The fraction of sp³-hybridized carbons (Fsp3) is 0.111. The van der Waals surface area contributed by atoms with Crippen molar-refractivity contribution in [1.29, 1.82) is 0 Å². The monoisotopic (exact) mass is 254 g/mol. The molecule has 0 spiro atoms. The van der Waals surface area contributed by atoms with Gasteiger partial charge in [-0.25, -0.2) is 4.79 Å². The zero-order chi connectivity index (χ0) is 12.4. The summed E-state index contributed by atoms with van der Waals surface area (Å²) < 4.78 is 6.61. The molecule has 1 N–H and O–H groups in total. The predicted molar refractivity (Wildman–Crippen MR) is 57.3 cm³/mol. The van der Waals surface area contributed by atoms with Crippen LogP contribution in [0.4, 0.5) is 0 Å². The molecule has 0 saturated carbocycles. The zero-order valence-corrected chi connectivity index (χ0v) is 9.42. The Kier molecular flexibility index (Phi) is 2.92. The minimum Gasteiger partial charge on any atom is -0.478 e. The molecule has 2 aromatic rings. The van der Waals surface area contributed by atoms with Gasteiger partial charge in [-0.05, 0) is 28.6 Å². The molecule has 1 heterocycles. The Hall–Kier alpha value is -2.15. The first-order valence-electron chi connectivity index (χ1n) is 4.51. The maximum absolute atomic E-state index is 10.9. The maximum atomic E-state index is 10.9. The van der Waals surface area contributed by atoms with Crippen LogP contribution >= 0.6 is 11.6 Å². The number of hydrogen-bond acceptors (Lipinski definition) is 5. The first kappa shape index (κ1) is 11.3. The third-order valence-corrected chi connectivity index (χ3v) is 2.29. The third kappa shape index (κ3) is 2.34. The van der Waals surface area contributed by atoms with Crippen molar-refractivity contribution in [1.82, 2.24) is 20.2 Å². The summed E-state index contributed by atoms with van der Waals surface area (Å²) in [6, 6.07) is 4.43. The van der Waals surface area contributed by atoms with E-state index < -0.39 is 5.97 Å². The molecule has 0 aliphatic rings. The van der Waals surface area contributed by atoms with Crippen LogP contribution in [0.3, 0.4) is 0 Å². The van der Waals surface area contributed by atoms with E-state index in [1.807, 2.05) is 0 Å². The molecule has 1 aromatic carbocycles. The van der Waals surface area contributed by atoms with Crippen LogP contribution in [0.1, 0.15) is 10.4 Å². The van der Waals surface area contributed by atoms with Crippen molar-refractivity contribution in [2.24, 2.45) is 7.05 Å². The number of rotatable bonds is 3. The predicted octanol–water partition coefficient (Wildman–Crippen LogP) is 1.35. The zero-order valence-electron chi connectivity index (χ0n) is 8.66. The molecule has 0 amide bonds. The number of tetrazole rings is 1. The third-order valence-electron chi connectivity index (χ3n) is 1.96. The molecule has 8 heteroatoms. The topological polar surface area (TPSA) is 90.1 Å². The maximum Gasteiger partial charge on any atom is 0.340 e. The molecular weight excluding hydrogens is 248 g/mol. The van der Waals surface area contributed by atoms with Crippen molar-refractivity contribution in [2.45, 2.75) is 0 Å². The average Bonchev–Trinajstić information content (AvgIpc) is 2.67. The number of ether oxygens (including phenoxy) is 1. The van der Waals surface area contributed by atoms with Crippen LogP contribution in [0, 0.1) is 0 Å². The van der Waals surface area contributed by atoms with E-state index >= 15 is 0 Å². The Morgan fingerprint density at radius 3 is 2.88 bits per heavy atom. The van der Waals surface area contributed by atoms with Gasteiger partial charge in [0.15, 0.2) is 0 Å². The summed E-state index contributed by atoms with van der Waals surface area (Å²) in [6.07, 6.45) is 0. The minimum absolute atomic E-state index is 0.0423. The standard InChI is InChI=1S/C9H7ClN4O3/c1-14-9(11-12-13-14)17-5-2-3-7(10)6(4-5)8(15)16/h2-4H,1H3,(H,15,16). The van der Waals surface area contributed by atoms with E-state index in [1.54, 1.807) is 7.05 Å². The second-order valence-electron chi connectivity index (χ2n) is 3.13. The Labute approximate surface area is 101 Å². The lowest BCUT2D eigenvalue weighted by atomic mass is 10.2. The van der Waals surface area contributed by atoms with Gasteiger partial charge < -0.3 is 9.84 Å². The molecule has 2 rings (SSSR count). The first-order valence-corrected chi connectivity index (χ1v) is 4.89. The summed E-state index contributed by atoms with van der Waals surface area (Å²) in [7, 11) is 1.60. The lowest BCUT2D eigenvalue weighted by Gasteiger charge is -2.04. The second-order valence-corrected chi connectivity index (χ2v) is 3.54. The summed E-state index contributed by atoms with van der Waals surface area (Å²) in [4.78, 5) is 10.9. The van der Waals surface area contributed by atoms with Gasteiger partial charge in [-0.2, -0.15) is 4.68 Å². The molecule has 0 atom stereocenters. The molecule has 0 aliphatic heterocycles. The van der Waals surface area contributed by atoms with E-state index in [4.69, 9.17) is 21.4 Å². The van der Waals surface area contributed by atoms with E-state index in [0.717, 1.165) is 0 Å². The summed E-state index contributed by atoms with van der Waals surface area (Å²) in [6.45, 7) is 0. The molecule has 0 saturated heterocycles. The number of hydrogen-bond donors (Lipinski definition) is 1. The van der Waals surface area contributed by atoms with Gasteiger partial charge in [0.05, 0.1) is 10.6 Å². The van der Waals surface area contributed by atoms with Crippen LogP contribution in [0.2, 0.25) is 5.02 Å². The highest BCUT2D eigenvalue weighted by Gasteiger charge is 2.12. The Morgan fingerprint density at radius 2 is 2.29 bits per heavy atom. The normalized spacial score (nSPS) is 10.2. The molecule has 0 fully saturated rings. The van der Waals surface area contributed by atoms with E-state index in [1.165, 1.54) is 22.9 Å². The Morgan fingerprint density at radius 1 is 1.53 bits per heavy atom. The van der Waals surface area contributed by atoms with Gasteiger partial charge in [-0.1, -0.05) is 16.7 Å². The molecular formula is C9H7ClN4O3. The number of aromatic nitrogens is 4. The number of nitrogens with zero attached hydrogens (tertiary/aromatic N) is 4. The van der Waals surface area contributed by atoms with Crippen molar-refractivity contribution in [3.8, 4) is 11.8 Å². The molecule has 7 nitrogen and oxygen atoms in total. The number of carboxylic acids is 1. The van der Waals surface area contributed by atoms with Crippen molar-refractivity contribution < 1.29 is 14.6 Å². The molecule has 0 radical (unpaired) electrons. The summed E-state index contributed by atoms with van der Waals surface area (Å²) in [5.41, 5.74) is -0.0423.